The van der Waals surface area contributed by atoms with E-state index < -0.39 is 0 Å². The van der Waals surface area contributed by atoms with Crippen LogP contribution >= 0.6 is 0 Å². The average Bonchev–Trinajstić information content (AvgIpc) is 3.16. The first-order chi connectivity index (χ1) is 15.1. The zero-order valence-electron chi connectivity index (χ0n) is 16.8. The molecule has 2 aromatic carbocycles. The fraction of sp³-hybridized carbons (Fsp3) is 0.125. The van der Waals surface area contributed by atoms with Crippen molar-refractivity contribution in [2.24, 2.45) is 0 Å². The first-order valence-corrected chi connectivity index (χ1v) is 9.92. The monoisotopic (exact) mass is 414 g/mol. The molecule has 0 atom stereocenters. The number of nitrogens with zero attached hydrogens (tertiary/aromatic N) is 1. The molecule has 0 unspecified atom stereocenters. The summed E-state index contributed by atoms with van der Waals surface area (Å²) in [6.07, 6.45) is 4.53. The molecule has 31 heavy (non-hydrogen) atoms. The number of para-hydroxylation sites is 2. The number of aryl methyl sites for hydroxylation is 1. The molecule has 0 saturated carbocycles. The lowest BCUT2D eigenvalue weighted by Crippen LogP contribution is -2.15. The molecular weight excluding hydrogens is 392 g/mol. The smallest absolute Gasteiger partial charge is 0.232 e. The Morgan fingerprint density at radius 2 is 1.84 bits per heavy atom. The van der Waals surface area contributed by atoms with Crippen molar-refractivity contribution in [1.29, 1.82) is 0 Å². The zero-order chi connectivity index (χ0) is 21.6. The van der Waals surface area contributed by atoms with Crippen LogP contribution in [0.15, 0.2) is 77.5 Å². The number of hydrogen-bond donors (Lipinski definition) is 3. The number of amides is 2. The molecular formula is C24H22N4O3. The van der Waals surface area contributed by atoms with E-state index in [1.54, 1.807) is 54.9 Å². The van der Waals surface area contributed by atoms with E-state index in [1.807, 2.05) is 18.2 Å². The van der Waals surface area contributed by atoms with Crippen LogP contribution in [0.5, 0.6) is 0 Å². The van der Waals surface area contributed by atoms with Gasteiger partial charge in [-0.3, -0.25) is 14.6 Å². The number of nitrogen functional groups attached to an aromatic ring is 1. The normalized spacial score (nSPS) is 10.7. The minimum Gasteiger partial charge on any atom is -0.461 e. The predicted molar refractivity (Wildman–Crippen MR) is 121 cm³/mol. The van der Waals surface area contributed by atoms with Crippen molar-refractivity contribution in [2.45, 2.75) is 19.3 Å². The molecule has 0 aliphatic carbocycles. The third-order valence-electron chi connectivity index (χ3n) is 4.78. The van der Waals surface area contributed by atoms with E-state index in [4.69, 9.17) is 10.2 Å². The summed E-state index contributed by atoms with van der Waals surface area (Å²) in [4.78, 5) is 28.6. The van der Waals surface area contributed by atoms with Crippen molar-refractivity contribution in [3.63, 3.8) is 0 Å². The number of aromatic nitrogens is 1. The number of carbonyl (C=O) groups excluding carboxylic acids is 2. The van der Waals surface area contributed by atoms with Crippen molar-refractivity contribution >= 4 is 39.8 Å². The number of nitrogens with one attached hydrogen (secondary N) is 2. The lowest BCUT2D eigenvalue weighted by molar-refractivity contribution is -0.116. The molecule has 0 radical (unpaired) electrons. The van der Waals surface area contributed by atoms with Gasteiger partial charge in [0.25, 0.3) is 0 Å². The Morgan fingerprint density at radius 1 is 0.968 bits per heavy atom. The summed E-state index contributed by atoms with van der Waals surface area (Å²) in [6.45, 7) is 0. The Kier molecular flexibility index (Phi) is 5.93. The molecule has 7 heteroatoms. The van der Waals surface area contributed by atoms with Gasteiger partial charge in [0.1, 0.15) is 11.3 Å². The third kappa shape index (κ3) is 5.27. The van der Waals surface area contributed by atoms with Gasteiger partial charge in [-0.1, -0.05) is 18.2 Å². The largest absolute Gasteiger partial charge is 0.461 e. The highest BCUT2D eigenvalue weighted by molar-refractivity contribution is 5.96. The van der Waals surface area contributed by atoms with Gasteiger partial charge in [0.15, 0.2) is 0 Å². The van der Waals surface area contributed by atoms with Gasteiger partial charge in [0, 0.05) is 29.9 Å². The van der Waals surface area contributed by atoms with Gasteiger partial charge >= 0.3 is 0 Å². The Balaban J connectivity index is 1.37. The summed E-state index contributed by atoms with van der Waals surface area (Å²) in [5.41, 5.74) is 9.28. The summed E-state index contributed by atoms with van der Waals surface area (Å²) < 4.78 is 5.76. The summed E-state index contributed by atoms with van der Waals surface area (Å²) in [7, 11) is 0. The topological polar surface area (TPSA) is 110 Å². The van der Waals surface area contributed by atoms with E-state index in [0.29, 0.717) is 41.2 Å². The molecule has 2 aromatic heterocycles. The molecule has 0 bridgehead atoms. The number of benzene rings is 2. The van der Waals surface area contributed by atoms with Gasteiger partial charge < -0.3 is 20.8 Å². The van der Waals surface area contributed by atoms with E-state index in [2.05, 4.69) is 15.6 Å². The number of nitrogens with two attached hydrogens (primary N) is 1. The quantitative estimate of drug-likeness (QED) is 0.393. The third-order valence-corrected chi connectivity index (χ3v) is 4.78. The molecule has 4 N–H and O–H groups in total. The maximum Gasteiger partial charge on any atom is 0.232 e. The van der Waals surface area contributed by atoms with Crippen molar-refractivity contribution in [2.75, 3.05) is 16.4 Å². The van der Waals surface area contributed by atoms with Crippen LogP contribution in [0.3, 0.4) is 0 Å². The van der Waals surface area contributed by atoms with Crippen LogP contribution in [0.2, 0.25) is 0 Å². The minimum absolute atomic E-state index is 0.0771. The highest BCUT2D eigenvalue weighted by Crippen LogP contribution is 2.24. The zero-order valence-corrected chi connectivity index (χ0v) is 16.8. The number of anilines is 3. The van der Waals surface area contributed by atoms with E-state index in [-0.39, 0.29) is 18.2 Å². The number of furan rings is 1. The maximum absolute atomic E-state index is 12.3. The molecule has 7 nitrogen and oxygen atoms in total. The fourth-order valence-corrected chi connectivity index (χ4v) is 3.25. The number of rotatable bonds is 7. The van der Waals surface area contributed by atoms with Crippen LogP contribution in [0.25, 0.3) is 11.0 Å². The second-order valence-corrected chi connectivity index (χ2v) is 7.19. The Bertz CT molecular complexity index is 1220. The van der Waals surface area contributed by atoms with E-state index >= 15 is 0 Å². The lowest BCUT2D eigenvalue weighted by atomic mass is 10.1. The maximum atomic E-state index is 12.3. The van der Waals surface area contributed by atoms with Gasteiger partial charge in [0.2, 0.25) is 11.8 Å². The van der Waals surface area contributed by atoms with Crippen LogP contribution < -0.4 is 16.4 Å². The van der Waals surface area contributed by atoms with E-state index in [1.165, 1.54) is 0 Å². The van der Waals surface area contributed by atoms with Crippen molar-refractivity contribution < 1.29 is 14.0 Å². The molecule has 0 saturated heterocycles. The van der Waals surface area contributed by atoms with Gasteiger partial charge in [0.05, 0.1) is 17.8 Å². The highest BCUT2D eigenvalue weighted by Gasteiger charge is 2.12. The molecule has 156 valence electrons. The Labute approximate surface area is 179 Å². The number of hydrogen-bond acceptors (Lipinski definition) is 5. The summed E-state index contributed by atoms with van der Waals surface area (Å²) in [6, 6.07) is 18.1. The molecule has 0 aliphatic heterocycles. The summed E-state index contributed by atoms with van der Waals surface area (Å²) in [5, 5.41) is 6.49. The number of pyridine rings is 1. The standard InChI is InChI=1S/C24H22N4O3/c25-20-5-1-2-6-21(20)28-24(30)14-19-13-17-12-18(8-9-22(17)31-19)27-23(29)10-7-16-4-3-11-26-15-16/h1-6,8-9,11-13,15H,7,10,14,25H2,(H,27,29)(H,28,30). The Hall–Kier alpha value is -4.13. The Morgan fingerprint density at radius 3 is 2.65 bits per heavy atom. The van der Waals surface area contributed by atoms with Crippen molar-refractivity contribution in [3.8, 4) is 0 Å². The molecule has 0 spiro atoms. The number of fused-ring (bicyclic) bond motifs is 1. The van der Waals surface area contributed by atoms with Crippen LogP contribution in [0, 0.1) is 0 Å². The molecule has 4 rings (SSSR count). The molecule has 2 amide bonds. The highest BCUT2D eigenvalue weighted by atomic mass is 16.3. The molecule has 2 heterocycles. The van der Waals surface area contributed by atoms with E-state index in [0.717, 1.165) is 10.9 Å². The van der Waals surface area contributed by atoms with Crippen LogP contribution in [-0.2, 0) is 22.4 Å². The fourth-order valence-electron chi connectivity index (χ4n) is 3.25. The van der Waals surface area contributed by atoms with E-state index in [9.17, 15) is 9.59 Å². The van der Waals surface area contributed by atoms with Crippen LogP contribution in [0.4, 0.5) is 17.1 Å². The van der Waals surface area contributed by atoms with Crippen LogP contribution in [-0.4, -0.2) is 16.8 Å². The minimum atomic E-state index is -0.221. The number of carbonyl (C=O) groups is 2. The lowest BCUT2D eigenvalue weighted by Gasteiger charge is -2.06. The predicted octanol–water partition coefficient (Wildman–Crippen LogP) is 4.16. The SMILES string of the molecule is Nc1ccccc1NC(=O)Cc1cc2cc(NC(=O)CCc3cccnc3)ccc2o1. The second kappa shape index (κ2) is 9.13. The first kappa shape index (κ1) is 20.2. The average molecular weight is 414 g/mol. The molecule has 4 aromatic rings. The first-order valence-electron chi connectivity index (χ1n) is 9.92. The van der Waals surface area contributed by atoms with Crippen molar-refractivity contribution in [3.05, 3.63) is 84.4 Å². The second-order valence-electron chi connectivity index (χ2n) is 7.19. The molecule has 0 fully saturated rings. The summed E-state index contributed by atoms with van der Waals surface area (Å²) in [5.74, 6) is 0.231. The van der Waals surface area contributed by atoms with Gasteiger partial charge in [-0.05, 0) is 54.4 Å². The van der Waals surface area contributed by atoms with Crippen LogP contribution in [0.1, 0.15) is 17.7 Å². The van der Waals surface area contributed by atoms with Gasteiger partial charge in [-0.2, -0.15) is 0 Å². The van der Waals surface area contributed by atoms with Gasteiger partial charge in [-0.25, -0.2) is 0 Å². The molecule has 0 aliphatic rings. The van der Waals surface area contributed by atoms with Gasteiger partial charge in [-0.15, -0.1) is 0 Å². The summed E-state index contributed by atoms with van der Waals surface area (Å²) >= 11 is 0. The van der Waals surface area contributed by atoms with Crippen molar-refractivity contribution in [1.82, 2.24) is 4.98 Å².